The van der Waals surface area contributed by atoms with Crippen LogP contribution in [0.5, 0.6) is 0 Å². The van der Waals surface area contributed by atoms with Crippen LogP contribution >= 0.6 is 0 Å². The summed E-state index contributed by atoms with van der Waals surface area (Å²) in [4.78, 5) is 28.0. The van der Waals surface area contributed by atoms with Crippen molar-refractivity contribution in [2.24, 2.45) is 0 Å². The summed E-state index contributed by atoms with van der Waals surface area (Å²) in [5.41, 5.74) is 5.95. The first-order valence-corrected chi connectivity index (χ1v) is 7.48. The standard InChI is InChI=1S/C15H24N4O3/c1-15(2,3)22-14(21)18-10-5-4-8-19(9-10)11-6-7-17-13(20)12(11)16/h6-7,10H,4-5,8-9,16H2,1-3H3,(H,17,20)(H,18,21)/t10-/m1/s1. The number of rotatable bonds is 2. The minimum Gasteiger partial charge on any atom is -0.444 e. The smallest absolute Gasteiger partial charge is 0.407 e. The number of aromatic amines is 1. The van der Waals surface area contributed by atoms with Crippen LogP contribution in [0.4, 0.5) is 16.2 Å². The monoisotopic (exact) mass is 308 g/mol. The van der Waals surface area contributed by atoms with Gasteiger partial charge in [0.25, 0.3) is 5.56 Å². The summed E-state index contributed by atoms with van der Waals surface area (Å²) in [6.07, 6.45) is 2.95. The Bertz CT molecular complexity index is 591. The molecular weight excluding hydrogens is 284 g/mol. The molecule has 0 bridgehead atoms. The molecule has 2 rings (SSSR count). The van der Waals surface area contributed by atoms with Gasteiger partial charge in [0, 0.05) is 25.3 Å². The van der Waals surface area contributed by atoms with Crippen LogP contribution in [0.15, 0.2) is 17.1 Å². The summed E-state index contributed by atoms with van der Waals surface area (Å²) < 4.78 is 5.28. The van der Waals surface area contributed by atoms with Crippen LogP contribution in [0.3, 0.4) is 0 Å². The number of hydrogen-bond donors (Lipinski definition) is 3. The molecule has 1 aromatic heterocycles. The number of nitrogens with one attached hydrogen (secondary N) is 2. The van der Waals surface area contributed by atoms with Gasteiger partial charge in [0.05, 0.1) is 5.69 Å². The maximum absolute atomic E-state index is 11.9. The van der Waals surface area contributed by atoms with Crippen LogP contribution in [0.2, 0.25) is 0 Å². The first-order chi connectivity index (χ1) is 10.3. The van der Waals surface area contributed by atoms with Crippen molar-refractivity contribution in [2.45, 2.75) is 45.3 Å². The van der Waals surface area contributed by atoms with Gasteiger partial charge in [-0.15, -0.1) is 0 Å². The lowest BCUT2D eigenvalue weighted by Gasteiger charge is -2.35. The number of hydrogen-bond acceptors (Lipinski definition) is 5. The molecule has 0 saturated carbocycles. The lowest BCUT2D eigenvalue weighted by molar-refractivity contribution is 0.0500. The average Bonchev–Trinajstić information content (AvgIpc) is 2.40. The van der Waals surface area contributed by atoms with Crippen LogP contribution < -0.4 is 21.5 Å². The number of anilines is 2. The van der Waals surface area contributed by atoms with E-state index < -0.39 is 11.7 Å². The lowest BCUT2D eigenvalue weighted by atomic mass is 10.0. The number of nitrogens with zero attached hydrogens (tertiary/aromatic N) is 1. The largest absolute Gasteiger partial charge is 0.444 e. The minimum absolute atomic E-state index is 0.0257. The number of ether oxygens (including phenoxy) is 1. The van der Waals surface area contributed by atoms with Gasteiger partial charge in [0.15, 0.2) is 0 Å². The Morgan fingerprint density at radius 2 is 2.23 bits per heavy atom. The first kappa shape index (κ1) is 16.2. The maximum Gasteiger partial charge on any atom is 0.407 e. The topological polar surface area (TPSA) is 100 Å². The number of piperidine rings is 1. The number of carbonyl (C=O) groups excluding carboxylic acids is 1. The van der Waals surface area contributed by atoms with Crippen molar-refractivity contribution in [3.05, 3.63) is 22.6 Å². The van der Waals surface area contributed by atoms with Crippen LogP contribution in [0.25, 0.3) is 0 Å². The van der Waals surface area contributed by atoms with Crippen LogP contribution in [0, 0.1) is 0 Å². The van der Waals surface area contributed by atoms with Gasteiger partial charge >= 0.3 is 6.09 Å². The summed E-state index contributed by atoms with van der Waals surface area (Å²) in [5, 5.41) is 2.88. The quantitative estimate of drug-likeness (QED) is 0.768. The summed E-state index contributed by atoms with van der Waals surface area (Å²) in [5.74, 6) is 0. The molecule has 1 amide bonds. The van der Waals surface area contributed by atoms with E-state index >= 15 is 0 Å². The van der Waals surface area contributed by atoms with Crippen LogP contribution in [-0.2, 0) is 4.74 Å². The Labute approximate surface area is 129 Å². The second-order valence-electron chi connectivity index (χ2n) is 6.54. The van der Waals surface area contributed by atoms with Gasteiger partial charge in [-0.3, -0.25) is 4.79 Å². The van der Waals surface area contributed by atoms with Gasteiger partial charge < -0.3 is 25.7 Å². The van der Waals surface area contributed by atoms with E-state index in [4.69, 9.17) is 10.5 Å². The Balaban J connectivity index is 2.02. The van der Waals surface area contributed by atoms with E-state index in [1.54, 1.807) is 12.3 Å². The summed E-state index contributed by atoms with van der Waals surface area (Å²) in [7, 11) is 0. The van der Waals surface area contributed by atoms with Crippen molar-refractivity contribution in [1.82, 2.24) is 10.3 Å². The fraction of sp³-hybridized carbons (Fsp3) is 0.600. The second-order valence-corrected chi connectivity index (χ2v) is 6.54. The zero-order valence-electron chi connectivity index (χ0n) is 13.3. The molecule has 0 aromatic carbocycles. The van der Waals surface area contributed by atoms with E-state index in [1.165, 1.54) is 0 Å². The average molecular weight is 308 g/mol. The van der Waals surface area contributed by atoms with Crippen molar-refractivity contribution >= 4 is 17.5 Å². The molecule has 7 nitrogen and oxygen atoms in total. The molecular formula is C15H24N4O3. The van der Waals surface area contributed by atoms with Gasteiger partial charge in [-0.05, 0) is 39.7 Å². The molecule has 0 aliphatic carbocycles. The maximum atomic E-state index is 11.9. The van der Waals surface area contributed by atoms with E-state index in [9.17, 15) is 9.59 Å². The molecule has 0 spiro atoms. The van der Waals surface area contributed by atoms with E-state index in [0.29, 0.717) is 12.2 Å². The molecule has 1 saturated heterocycles. The number of carbonyl (C=O) groups is 1. The van der Waals surface area contributed by atoms with Crippen LogP contribution in [0.1, 0.15) is 33.6 Å². The van der Waals surface area contributed by atoms with Crippen LogP contribution in [-0.4, -0.2) is 35.8 Å². The summed E-state index contributed by atoms with van der Waals surface area (Å²) in [6, 6.07) is 1.76. The normalized spacial score (nSPS) is 18.9. The van der Waals surface area contributed by atoms with E-state index in [2.05, 4.69) is 10.3 Å². The summed E-state index contributed by atoms with van der Waals surface area (Å²) >= 11 is 0. The molecule has 1 aliphatic rings. The Morgan fingerprint density at radius 3 is 2.91 bits per heavy atom. The second kappa shape index (κ2) is 6.29. The molecule has 0 unspecified atom stereocenters. The third-order valence-electron chi connectivity index (χ3n) is 3.46. The summed E-state index contributed by atoms with van der Waals surface area (Å²) in [6.45, 7) is 6.90. The van der Waals surface area contributed by atoms with Crippen molar-refractivity contribution in [3.63, 3.8) is 0 Å². The van der Waals surface area contributed by atoms with Gasteiger partial charge in [-0.1, -0.05) is 0 Å². The number of H-pyrrole nitrogens is 1. The lowest BCUT2D eigenvalue weighted by Crippen LogP contribution is -2.49. The number of amides is 1. The zero-order chi connectivity index (χ0) is 16.3. The van der Waals surface area contributed by atoms with Crippen molar-refractivity contribution in [2.75, 3.05) is 23.7 Å². The SMILES string of the molecule is CC(C)(C)OC(=O)N[C@@H]1CCCN(c2cc[nH]c(=O)c2N)C1. The molecule has 122 valence electrons. The van der Waals surface area contributed by atoms with Crippen molar-refractivity contribution < 1.29 is 9.53 Å². The van der Waals surface area contributed by atoms with Gasteiger partial charge in [0.1, 0.15) is 11.3 Å². The van der Waals surface area contributed by atoms with E-state index in [-0.39, 0.29) is 17.3 Å². The number of aromatic nitrogens is 1. The molecule has 0 radical (unpaired) electrons. The fourth-order valence-corrected chi connectivity index (χ4v) is 2.54. The first-order valence-electron chi connectivity index (χ1n) is 7.48. The van der Waals surface area contributed by atoms with E-state index in [1.807, 2.05) is 25.7 Å². The third-order valence-corrected chi connectivity index (χ3v) is 3.46. The predicted molar refractivity (Wildman–Crippen MR) is 86.1 cm³/mol. The number of nitrogens with two attached hydrogens (primary N) is 1. The van der Waals surface area contributed by atoms with Gasteiger partial charge in [0.2, 0.25) is 0 Å². The Kier molecular flexibility index (Phi) is 4.63. The predicted octanol–water partition coefficient (Wildman–Crippen LogP) is 1.45. The highest BCUT2D eigenvalue weighted by Crippen LogP contribution is 2.23. The fourth-order valence-electron chi connectivity index (χ4n) is 2.54. The molecule has 1 atom stereocenters. The number of alkyl carbamates (subject to hydrolysis) is 1. The minimum atomic E-state index is -0.518. The molecule has 2 heterocycles. The van der Waals surface area contributed by atoms with E-state index in [0.717, 1.165) is 19.4 Å². The number of nitrogen functional groups attached to an aromatic ring is 1. The highest BCUT2D eigenvalue weighted by Gasteiger charge is 2.25. The molecule has 7 heteroatoms. The number of pyridine rings is 1. The third kappa shape index (κ3) is 4.16. The van der Waals surface area contributed by atoms with Gasteiger partial charge in [-0.25, -0.2) is 4.79 Å². The molecule has 1 fully saturated rings. The van der Waals surface area contributed by atoms with Crippen molar-refractivity contribution in [1.29, 1.82) is 0 Å². The van der Waals surface area contributed by atoms with Crippen molar-refractivity contribution in [3.8, 4) is 0 Å². The van der Waals surface area contributed by atoms with Gasteiger partial charge in [-0.2, -0.15) is 0 Å². The molecule has 22 heavy (non-hydrogen) atoms. The Morgan fingerprint density at radius 1 is 1.50 bits per heavy atom. The highest BCUT2D eigenvalue weighted by atomic mass is 16.6. The Hall–Kier alpha value is -2.18. The molecule has 1 aliphatic heterocycles. The molecule has 4 N–H and O–H groups in total. The molecule has 1 aromatic rings. The highest BCUT2D eigenvalue weighted by molar-refractivity contribution is 5.69. The zero-order valence-corrected chi connectivity index (χ0v) is 13.3.